The lowest BCUT2D eigenvalue weighted by Gasteiger charge is -2.24. The van der Waals surface area contributed by atoms with Gasteiger partial charge in [0.25, 0.3) is 5.91 Å². The van der Waals surface area contributed by atoms with E-state index in [2.05, 4.69) is 45.2 Å². The van der Waals surface area contributed by atoms with E-state index in [1.165, 1.54) is 0 Å². The van der Waals surface area contributed by atoms with Gasteiger partial charge in [-0.1, -0.05) is 42.5 Å². The number of halogens is 2. The summed E-state index contributed by atoms with van der Waals surface area (Å²) in [6.45, 7) is 2.61. The van der Waals surface area contributed by atoms with E-state index >= 15 is 0 Å². The third-order valence-corrected chi connectivity index (χ3v) is 6.05. The summed E-state index contributed by atoms with van der Waals surface area (Å²) < 4.78 is 5.33. The topological polar surface area (TPSA) is 61.5 Å². The Labute approximate surface area is 217 Å². The number of amides is 1. The minimum Gasteiger partial charge on any atom is -0.497 e. The molecule has 0 atom stereocenters. The summed E-state index contributed by atoms with van der Waals surface area (Å²) in [6.07, 6.45) is 3.55. The van der Waals surface area contributed by atoms with Gasteiger partial charge in [0, 0.05) is 37.1 Å². The van der Waals surface area contributed by atoms with Gasteiger partial charge in [-0.15, -0.1) is 24.8 Å². The SMILES string of the molecule is COc1cccc(C(=O)N2CCN(Cc3cnc[nH]3)c3ccc(-c4ccccc4)cc3C2)c1.Cl.Cl. The fraction of sp³-hybridized carbons (Fsp3) is 0.185. The summed E-state index contributed by atoms with van der Waals surface area (Å²) >= 11 is 0. The summed E-state index contributed by atoms with van der Waals surface area (Å²) in [5, 5.41) is 0. The Balaban J connectivity index is 0.00000171. The second-order valence-electron chi connectivity index (χ2n) is 8.17. The number of H-pyrrole nitrogens is 1. The summed E-state index contributed by atoms with van der Waals surface area (Å²) in [6, 6.07) is 24.2. The third-order valence-electron chi connectivity index (χ3n) is 6.05. The maximum atomic E-state index is 13.4. The normalized spacial score (nSPS) is 12.6. The van der Waals surface area contributed by atoms with Gasteiger partial charge in [0.2, 0.25) is 0 Å². The number of carbonyl (C=O) groups excluding carboxylic acids is 1. The predicted molar refractivity (Wildman–Crippen MR) is 144 cm³/mol. The number of imidazole rings is 1. The summed E-state index contributed by atoms with van der Waals surface area (Å²) in [5.41, 5.74) is 6.26. The van der Waals surface area contributed by atoms with Crippen LogP contribution in [0.2, 0.25) is 0 Å². The van der Waals surface area contributed by atoms with Gasteiger partial charge in [0.05, 0.1) is 25.7 Å². The molecule has 4 aromatic rings. The zero-order valence-corrected chi connectivity index (χ0v) is 21.0. The van der Waals surface area contributed by atoms with E-state index in [-0.39, 0.29) is 30.7 Å². The van der Waals surface area contributed by atoms with Crippen molar-refractivity contribution >= 4 is 36.4 Å². The maximum Gasteiger partial charge on any atom is 0.254 e. The molecule has 2 heterocycles. The van der Waals surface area contributed by atoms with Crippen LogP contribution in [0.15, 0.2) is 85.3 Å². The molecule has 3 aromatic carbocycles. The van der Waals surface area contributed by atoms with E-state index in [1.54, 1.807) is 19.5 Å². The average Bonchev–Trinajstić information content (AvgIpc) is 3.32. The highest BCUT2D eigenvalue weighted by Gasteiger charge is 2.25. The Morgan fingerprint density at radius 3 is 2.54 bits per heavy atom. The second-order valence-corrected chi connectivity index (χ2v) is 8.17. The van der Waals surface area contributed by atoms with Crippen molar-refractivity contribution in [3.63, 3.8) is 0 Å². The molecule has 1 N–H and O–H groups in total. The first-order valence-electron chi connectivity index (χ1n) is 11.0. The van der Waals surface area contributed by atoms with Gasteiger partial charge in [0.1, 0.15) is 5.75 Å². The van der Waals surface area contributed by atoms with Crippen molar-refractivity contribution in [2.75, 3.05) is 25.1 Å². The Bertz CT molecular complexity index is 1250. The number of fused-ring (bicyclic) bond motifs is 1. The third kappa shape index (κ3) is 5.78. The van der Waals surface area contributed by atoms with Crippen LogP contribution in [0.4, 0.5) is 5.69 Å². The predicted octanol–water partition coefficient (Wildman–Crippen LogP) is 5.59. The van der Waals surface area contributed by atoms with Crippen molar-refractivity contribution in [3.8, 4) is 16.9 Å². The molecule has 1 aliphatic rings. The number of aromatic amines is 1. The van der Waals surface area contributed by atoms with Crippen molar-refractivity contribution in [3.05, 3.63) is 102 Å². The van der Waals surface area contributed by atoms with Gasteiger partial charge in [-0.05, 0) is 47.0 Å². The minimum absolute atomic E-state index is 0. The molecular formula is C27H28Cl2N4O2. The van der Waals surface area contributed by atoms with Crippen LogP contribution < -0.4 is 9.64 Å². The van der Waals surface area contributed by atoms with Crippen molar-refractivity contribution in [2.45, 2.75) is 13.1 Å². The standard InChI is InChI=1S/C27H26N4O2.2ClH/c1-33-25-9-5-8-22(15-25)27(32)31-13-12-30(18-24-16-28-19-29-24)26-11-10-21(14-23(26)17-31)20-6-3-2-4-7-20;;/h2-11,14-16,19H,12-13,17-18H2,1H3,(H,28,29);2*1H. The quantitative estimate of drug-likeness (QED) is 0.380. The molecule has 1 aliphatic heterocycles. The van der Waals surface area contributed by atoms with Crippen LogP contribution in [0.25, 0.3) is 11.1 Å². The molecule has 0 unspecified atom stereocenters. The Kier molecular flexibility index (Phi) is 8.79. The summed E-state index contributed by atoms with van der Waals surface area (Å²) in [7, 11) is 1.62. The second kappa shape index (κ2) is 11.8. The van der Waals surface area contributed by atoms with Crippen LogP contribution >= 0.6 is 24.8 Å². The van der Waals surface area contributed by atoms with Crippen LogP contribution in [0.5, 0.6) is 5.75 Å². The smallest absolute Gasteiger partial charge is 0.254 e. The molecule has 0 bridgehead atoms. The van der Waals surface area contributed by atoms with Crippen LogP contribution in [0, 0.1) is 0 Å². The highest BCUT2D eigenvalue weighted by molar-refractivity contribution is 5.95. The fourth-order valence-corrected chi connectivity index (χ4v) is 4.33. The van der Waals surface area contributed by atoms with E-state index in [9.17, 15) is 4.79 Å². The van der Waals surface area contributed by atoms with E-state index in [4.69, 9.17) is 4.74 Å². The first-order chi connectivity index (χ1) is 16.2. The van der Waals surface area contributed by atoms with Gasteiger partial charge in [-0.3, -0.25) is 4.79 Å². The number of hydrogen-bond donors (Lipinski definition) is 1. The molecular weight excluding hydrogens is 483 g/mol. The Hall–Kier alpha value is -3.48. The first-order valence-corrected chi connectivity index (χ1v) is 11.0. The fourth-order valence-electron chi connectivity index (χ4n) is 4.33. The number of rotatable bonds is 5. The molecule has 0 saturated carbocycles. The highest BCUT2D eigenvalue weighted by Crippen LogP contribution is 2.32. The first kappa shape index (κ1) is 26.1. The molecule has 182 valence electrons. The molecule has 6 nitrogen and oxygen atoms in total. The van der Waals surface area contributed by atoms with Gasteiger partial charge < -0.3 is 19.5 Å². The summed E-state index contributed by atoms with van der Waals surface area (Å²) in [4.78, 5) is 25.0. The number of carbonyl (C=O) groups is 1. The zero-order valence-electron chi connectivity index (χ0n) is 19.4. The molecule has 1 aromatic heterocycles. The monoisotopic (exact) mass is 510 g/mol. The number of nitrogens with zero attached hydrogens (tertiary/aromatic N) is 3. The molecule has 35 heavy (non-hydrogen) atoms. The molecule has 0 radical (unpaired) electrons. The number of aromatic nitrogens is 2. The van der Waals surface area contributed by atoms with E-state index < -0.39 is 0 Å². The molecule has 1 amide bonds. The van der Waals surface area contributed by atoms with Crippen LogP contribution in [0.1, 0.15) is 21.6 Å². The minimum atomic E-state index is 0. The van der Waals surface area contributed by atoms with Gasteiger partial charge in [-0.2, -0.15) is 0 Å². The van der Waals surface area contributed by atoms with Crippen LogP contribution in [0.3, 0.4) is 0 Å². The lowest BCUT2D eigenvalue weighted by atomic mass is 10.0. The molecule has 0 aliphatic carbocycles. The number of hydrogen-bond acceptors (Lipinski definition) is 4. The molecule has 8 heteroatoms. The van der Waals surface area contributed by atoms with Crippen molar-refractivity contribution in [1.29, 1.82) is 0 Å². The molecule has 0 saturated heterocycles. The van der Waals surface area contributed by atoms with E-state index in [1.807, 2.05) is 47.5 Å². The molecule has 0 spiro atoms. The molecule has 5 rings (SSSR count). The Morgan fingerprint density at radius 1 is 0.971 bits per heavy atom. The maximum absolute atomic E-state index is 13.4. The van der Waals surface area contributed by atoms with Crippen LogP contribution in [-0.4, -0.2) is 41.0 Å². The molecule has 0 fully saturated rings. The van der Waals surface area contributed by atoms with Gasteiger partial charge in [0.15, 0.2) is 0 Å². The Morgan fingerprint density at radius 2 is 1.80 bits per heavy atom. The van der Waals surface area contributed by atoms with Crippen molar-refractivity contribution in [1.82, 2.24) is 14.9 Å². The van der Waals surface area contributed by atoms with Crippen molar-refractivity contribution < 1.29 is 9.53 Å². The lowest BCUT2D eigenvalue weighted by molar-refractivity contribution is 0.0751. The number of anilines is 1. The number of nitrogens with one attached hydrogen (secondary N) is 1. The average molecular weight is 511 g/mol. The van der Waals surface area contributed by atoms with Crippen molar-refractivity contribution in [2.24, 2.45) is 0 Å². The van der Waals surface area contributed by atoms with Gasteiger partial charge in [-0.25, -0.2) is 4.98 Å². The van der Waals surface area contributed by atoms with Crippen LogP contribution in [-0.2, 0) is 13.1 Å². The van der Waals surface area contributed by atoms with E-state index in [0.717, 1.165) is 34.6 Å². The largest absolute Gasteiger partial charge is 0.497 e. The van der Waals surface area contributed by atoms with E-state index in [0.29, 0.717) is 30.9 Å². The zero-order chi connectivity index (χ0) is 22.6. The summed E-state index contributed by atoms with van der Waals surface area (Å²) in [5.74, 6) is 0.691. The number of ether oxygens (including phenoxy) is 1. The van der Waals surface area contributed by atoms with Gasteiger partial charge >= 0.3 is 0 Å². The number of methoxy groups -OCH3 is 1. The highest BCUT2D eigenvalue weighted by atomic mass is 35.5. The lowest BCUT2D eigenvalue weighted by Crippen LogP contribution is -2.35. The number of benzene rings is 3.